The van der Waals surface area contributed by atoms with Crippen LogP contribution < -0.4 is 0 Å². The molecule has 1 N–H and O–H groups in total. The van der Waals surface area contributed by atoms with E-state index < -0.39 is 17.5 Å². The van der Waals surface area contributed by atoms with Gasteiger partial charge < -0.3 is 14.3 Å². The van der Waals surface area contributed by atoms with Crippen LogP contribution in [0.1, 0.15) is 43.4 Å². The number of rotatable bonds is 5. The van der Waals surface area contributed by atoms with Crippen molar-refractivity contribution in [1.82, 2.24) is 0 Å². The molecule has 138 valence electrons. The van der Waals surface area contributed by atoms with Gasteiger partial charge in [0.25, 0.3) is 5.78 Å². The Bertz CT molecular complexity index is 838. The molecule has 0 saturated carbocycles. The summed E-state index contributed by atoms with van der Waals surface area (Å²) in [5.74, 6) is -2.19. The number of methoxy groups -OCH3 is 1. The van der Waals surface area contributed by atoms with Crippen molar-refractivity contribution in [2.75, 3.05) is 7.11 Å². The molecule has 1 aromatic heterocycles. The van der Waals surface area contributed by atoms with Gasteiger partial charge in [0, 0.05) is 23.5 Å². The number of ketones is 1. The van der Waals surface area contributed by atoms with E-state index in [-0.39, 0.29) is 17.0 Å². The summed E-state index contributed by atoms with van der Waals surface area (Å²) < 4.78 is 23.2. The maximum Gasteiger partial charge on any atom is 0.378 e. The lowest BCUT2D eigenvalue weighted by atomic mass is 9.92. The fourth-order valence-corrected chi connectivity index (χ4v) is 2.32. The van der Waals surface area contributed by atoms with E-state index in [1.165, 1.54) is 12.1 Å². The van der Waals surface area contributed by atoms with Crippen LogP contribution >= 0.6 is 0 Å². The normalized spacial score (nSPS) is 12.1. The number of benzene rings is 1. The largest absolute Gasteiger partial charge is 0.504 e. The molecule has 0 spiro atoms. The van der Waals surface area contributed by atoms with Crippen LogP contribution in [-0.4, -0.2) is 24.0 Å². The highest BCUT2D eigenvalue weighted by atomic mass is 19.1. The third-order valence-electron chi connectivity index (χ3n) is 3.74. The summed E-state index contributed by atoms with van der Waals surface area (Å²) in [4.78, 5) is 22.9. The van der Waals surface area contributed by atoms with E-state index in [2.05, 4.69) is 4.74 Å². The summed E-state index contributed by atoms with van der Waals surface area (Å²) in [5.41, 5.74) is 1.09. The van der Waals surface area contributed by atoms with Crippen LogP contribution in [-0.2, 0) is 26.2 Å². The fourth-order valence-electron chi connectivity index (χ4n) is 2.32. The molecule has 0 fully saturated rings. The van der Waals surface area contributed by atoms with Crippen LogP contribution in [0, 0.1) is 5.82 Å². The monoisotopic (exact) mass is 360 g/mol. The highest BCUT2D eigenvalue weighted by Crippen LogP contribution is 2.31. The summed E-state index contributed by atoms with van der Waals surface area (Å²) in [7, 11) is 1.08. The van der Waals surface area contributed by atoms with Gasteiger partial charge in [-0.05, 0) is 23.8 Å². The minimum Gasteiger partial charge on any atom is -0.504 e. The smallest absolute Gasteiger partial charge is 0.378 e. The number of hydrogen-bond donors (Lipinski definition) is 1. The molecule has 0 radical (unpaired) electrons. The zero-order chi connectivity index (χ0) is 19.5. The summed E-state index contributed by atoms with van der Waals surface area (Å²) in [6, 6.07) is 7.73. The van der Waals surface area contributed by atoms with Crippen molar-refractivity contribution in [2.45, 2.75) is 32.6 Å². The van der Waals surface area contributed by atoms with Gasteiger partial charge in [-0.3, -0.25) is 4.79 Å². The molecular weight excluding hydrogens is 339 g/mol. The van der Waals surface area contributed by atoms with Crippen molar-refractivity contribution in [1.29, 1.82) is 0 Å². The predicted octanol–water partition coefficient (Wildman–Crippen LogP) is 3.95. The molecule has 2 rings (SSSR count). The first-order valence-electron chi connectivity index (χ1n) is 8.02. The highest BCUT2D eigenvalue weighted by molar-refractivity contribution is 6.39. The molecule has 1 aromatic carbocycles. The molecule has 0 atom stereocenters. The van der Waals surface area contributed by atoms with Crippen molar-refractivity contribution in [3.8, 4) is 0 Å². The first-order chi connectivity index (χ1) is 12.1. The van der Waals surface area contributed by atoms with Crippen LogP contribution in [0.15, 0.2) is 40.8 Å². The van der Waals surface area contributed by atoms with Gasteiger partial charge in [-0.15, -0.1) is 0 Å². The standard InChI is InChI=1S/C20H21FO5/c1-20(2,3)17-10-13(9-12-5-7-14(21)8-6-12)18(26-17)15(22)11-16(23)19(24)25-4/h5-8,10-11,22H,9H2,1-4H3. The SMILES string of the molecule is COC(=O)C(=O)C=C(O)c1oc(C(C)(C)C)cc1Cc1ccc(F)cc1. The molecule has 5 nitrogen and oxygen atoms in total. The van der Waals surface area contributed by atoms with Crippen molar-refractivity contribution >= 4 is 17.5 Å². The highest BCUT2D eigenvalue weighted by Gasteiger charge is 2.24. The Labute approximate surface area is 151 Å². The van der Waals surface area contributed by atoms with Crippen molar-refractivity contribution < 1.29 is 28.2 Å². The lowest BCUT2D eigenvalue weighted by Gasteiger charge is -2.13. The first kappa shape index (κ1) is 19.4. The molecule has 0 bridgehead atoms. The zero-order valence-electron chi connectivity index (χ0n) is 15.1. The maximum atomic E-state index is 13.1. The van der Waals surface area contributed by atoms with Crippen LogP contribution in [0.4, 0.5) is 4.39 Å². The Balaban J connectivity index is 2.44. The first-order valence-corrected chi connectivity index (χ1v) is 8.02. The second-order valence-corrected chi connectivity index (χ2v) is 6.90. The molecule has 0 unspecified atom stereocenters. The van der Waals surface area contributed by atoms with Gasteiger partial charge in [0.2, 0.25) is 0 Å². The average Bonchev–Trinajstić information content (AvgIpc) is 3.00. The van der Waals surface area contributed by atoms with Gasteiger partial charge in [-0.1, -0.05) is 32.9 Å². The van der Waals surface area contributed by atoms with Crippen molar-refractivity contribution in [3.63, 3.8) is 0 Å². The number of ether oxygens (including phenoxy) is 1. The minimum atomic E-state index is -1.08. The molecule has 0 amide bonds. The number of carbonyl (C=O) groups is 2. The van der Waals surface area contributed by atoms with Gasteiger partial charge in [0.05, 0.1) is 7.11 Å². The molecular formula is C20H21FO5. The molecule has 6 heteroatoms. The maximum absolute atomic E-state index is 13.1. The number of esters is 1. The Morgan fingerprint density at radius 1 is 1.23 bits per heavy atom. The second-order valence-electron chi connectivity index (χ2n) is 6.90. The van der Waals surface area contributed by atoms with Crippen LogP contribution in [0.5, 0.6) is 0 Å². The van der Waals surface area contributed by atoms with Gasteiger partial charge in [-0.2, -0.15) is 0 Å². The molecule has 0 aliphatic carbocycles. The van der Waals surface area contributed by atoms with E-state index >= 15 is 0 Å². The van der Waals surface area contributed by atoms with E-state index in [9.17, 15) is 19.1 Å². The van der Waals surface area contributed by atoms with E-state index in [4.69, 9.17) is 4.42 Å². The van der Waals surface area contributed by atoms with Crippen molar-refractivity contribution in [2.24, 2.45) is 0 Å². The number of furan rings is 1. The number of halogens is 1. The number of aliphatic hydroxyl groups excluding tert-OH is 1. The molecule has 0 aliphatic heterocycles. The molecule has 26 heavy (non-hydrogen) atoms. The molecule has 2 aromatic rings. The van der Waals surface area contributed by atoms with E-state index in [0.29, 0.717) is 17.7 Å². The van der Waals surface area contributed by atoms with Gasteiger partial charge in [0.1, 0.15) is 11.6 Å². The fraction of sp³-hybridized carbons (Fsp3) is 0.300. The topological polar surface area (TPSA) is 76.7 Å². The molecule has 0 saturated heterocycles. The lowest BCUT2D eigenvalue weighted by Crippen LogP contribution is -2.13. The van der Waals surface area contributed by atoms with Crippen LogP contribution in [0.3, 0.4) is 0 Å². The van der Waals surface area contributed by atoms with Crippen LogP contribution in [0.2, 0.25) is 0 Å². The third-order valence-corrected chi connectivity index (χ3v) is 3.74. The second kappa shape index (κ2) is 7.56. The van der Waals surface area contributed by atoms with Crippen molar-refractivity contribution in [3.05, 3.63) is 64.9 Å². The number of carbonyl (C=O) groups excluding carboxylic acids is 2. The third kappa shape index (κ3) is 4.59. The minimum absolute atomic E-state index is 0.0940. The summed E-state index contributed by atoms with van der Waals surface area (Å²) in [5, 5.41) is 10.3. The number of aliphatic hydroxyl groups is 1. The summed E-state index contributed by atoms with van der Waals surface area (Å²) in [6.45, 7) is 5.83. The van der Waals surface area contributed by atoms with Gasteiger partial charge in [0.15, 0.2) is 11.5 Å². The molecule has 0 aliphatic rings. The summed E-state index contributed by atoms with van der Waals surface area (Å²) in [6.07, 6.45) is 1.13. The molecule has 1 heterocycles. The van der Waals surface area contributed by atoms with Gasteiger partial charge in [-0.25, -0.2) is 9.18 Å². The quantitative estimate of drug-likeness (QED) is 0.378. The van der Waals surface area contributed by atoms with E-state index in [1.807, 2.05) is 20.8 Å². The van der Waals surface area contributed by atoms with E-state index in [0.717, 1.165) is 18.7 Å². The number of hydrogen-bond acceptors (Lipinski definition) is 5. The average molecular weight is 360 g/mol. The lowest BCUT2D eigenvalue weighted by molar-refractivity contribution is -0.149. The Kier molecular flexibility index (Phi) is 5.65. The zero-order valence-corrected chi connectivity index (χ0v) is 15.1. The Hall–Kier alpha value is -2.89. The Morgan fingerprint density at radius 3 is 2.38 bits per heavy atom. The predicted molar refractivity (Wildman–Crippen MR) is 94.2 cm³/mol. The summed E-state index contributed by atoms with van der Waals surface area (Å²) >= 11 is 0. The van der Waals surface area contributed by atoms with Gasteiger partial charge >= 0.3 is 5.97 Å². The Morgan fingerprint density at radius 2 is 1.85 bits per heavy atom. The van der Waals surface area contributed by atoms with Crippen LogP contribution in [0.25, 0.3) is 5.76 Å². The van der Waals surface area contributed by atoms with E-state index in [1.54, 1.807) is 18.2 Å².